The van der Waals surface area contributed by atoms with Crippen LogP contribution in [0.3, 0.4) is 0 Å². The first-order chi connectivity index (χ1) is 12.9. The number of amides is 1. The van der Waals surface area contributed by atoms with Gasteiger partial charge in [-0.3, -0.25) is 9.59 Å². The van der Waals surface area contributed by atoms with Gasteiger partial charge in [0, 0.05) is 19.2 Å². The lowest BCUT2D eigenvalue weighted by atomic mass is 9.91. The van der Waals surface area contributed by atoms with Crippen LogP contribution in [0.5, 0.6) is 0 Å². The molecule has 1 atom stereocenters. The van der Waals surface area contributed by atoms with E-state index >= 15 is 0 Å². The minimum absolute atomic E-state index is 0.0591. The number of aromatic nitrogens is 2. The molecule has 1 fully saturated rings. The van der Waals surface area contributed by atoms with Crippen LogP contribution in [-0.4, -0.2) is 33.7 Å². The maximum absolute atomic E-state index is 13.3. The van der Waals surface area contributed by atoms with E-state index in [2.05, 4.69) is 5.10 Å². The number of rotatable bonds is 5. The van der Waals surface area contributed by atoms with Gasteiger partial charge in [0.2, 0.25) is 5.91 Å². The van der Waals surface area contributed by atoms with Crippen molar-refractivity contribution in [3.63, 3.8) is 0 Å². The van der Waals surface area contributed by atoms with E-state index in [-0.39, 0.29) is 18.0 Å². The highest BCUT2D eigenvalue weighted by atomic mass is 19.2. The summed E-state index contributed by atoms with van der Waals surface area (Å²) in [5.41, 5.74) is 1.15. The molecule has 1 unspecified atom stereocenters. The van der Waals surface area contributed by atoms with Crippen molar-refractivity contribution in [1.29, 1.82) is 0 Å². The summed E-state index contributed by atoms with van der Waals surface area (Å²) in [5, 5.41) is 4.11. The fraction of sp³-hybridized carbons (Fsp3) is 0.450. The zero-order valence-electron chi connectivity index (χ0n) is 15.3. The van der Waals surface area contributed by atoms with Crippen molar-refractivity contribution in [3.05, 3.63) is 63.6 Å². The highest BCUT2D eigenvalue weighted by Gasteiger charge is 2.24. The van der Waals surface area contributed by atoms with Crippen molar-refractivity contribution in [3.8, 4) is 0 Å². The Morgan fingerprint density at radius 2 is 2.04 bits per heavy atom. The fourth-order valence-corrected chi connectivity index (χ4v) is 3.49. The molecule has 27 heavy (non-hydrogen) atoms. The van der Waals surface area contributed by atoms with Crippen LogP contribution in [-0.2, 0) is 17.8 Å². The third-order valence-corrected chi connectivity index (χ3v) is 4.98. The zero-order chi connectivity index (χ0) is 19.4. The molecule has 2 aromatic rings. The second-order valence-electron chi connectivity index (χ2n) is 7.11. The Hall–Kier alpha value is -2.57. The van der Waals surface area contributed by atoms with Crippen molar-refractivity contribution >= 4 is 5.91 Å². The van der Waals surface area contributed by atoms with Crippen molar-refractivity contribution in [2.24, 2.45) is 5.92 Å². The van der Waals surface area contributed by atoms with E-state index in [1.807, 2.05) is 0 Å². The highest BCUT2D eigenvalue weighted by Crippen LogP contribution is 2.22. The molecule has 1 aromatic heterocycles. The molecule has 1 saturated heterocycles. The van der Waals surface area contributed by atoms with Crippen LogP contribution in [0.15, 0.2) is 35.1 Å². The van der Waals surface area contributed by atoms with E-state index in [1.165, 1.54) is 16.8 Å². The third kappa shape index (κ3) is 4.99. The van der Waals surface area contributed by atoms with Crippen molar-refractivity contribution in [2.45, 2.75) is 39.2 Å². The van der Waals surface area contributed by atoms with E-state index in [1.54, 1.807) is 24.0 Å². The van der Waals surface area contributed by atoms with Crippen LogP contribution >= 0.6 is 0 Å². The number of benzene rings is 1. The smallest absolute Gasteiger partial charge is 0.267 e. The number of halogens is 2. The largest absolute Gasteiger partial charge is 0.341 e. The predicted octanol–water partition coefficient (Wildman–Crippen LogP) is 2.70. The van der Waals surface area contributed by atoms with Crippen LogP contribution in [0.4, 0.5) is 8.78 Å². The van der Waals surface area contributed by atoms with E-state index < -0.39 is 11.6 Å². The first kappa shape index (κ1) is 19.2. The second kappa shape index (κ2) is 8.41. The van der Waals surface area contributed by atoms with Gasteiger partial charge >= 0.3 is 0 Å². The second-order valence-corrected chi connectivity index (χ2v) is 7.11. The molecular formula is C20H23F2N3O2. The SMILES string of the molecule is Cc1ccc(=O)n(CC(=O)N2CCCC(CCc3ccc(F)c(F)c3)C2)n1. The van der Waals surface area contributed by atoms with Crippen molar-refractivity contribution in [2.75, 3.05) is 13.1 Å². The average Bonchev–Trinajstić information content (AvgIpc) is 2.66. The molecule has 0 N–H and O–H groups in total. The van der Waals surface area contributed by atoms with Gasteiger partial charge in [-0.2, -0.15) is 5.10 Å². The Bertz CT molecular complexity index is 882. The Morgan fingerprint density at radius 1 is 1.22 bits per heavy atom. The predicted molar refractivity (Wildman–Crippen MR) is 97.2 cm³/mol. The number of piperidine rings is 1. The Balaban J connectivity index is 1.56. The van der Waals surface area contributed by atoms with Gasteiger partial charge in [-0.15, -0.1) is 0 Å². The van der Waals surface area contributed by atoms with Gasteiger partial charge < -0.3 is 4.90 Å². The third-order valence-electron chi connectivity index (χ3n) is 4.98. The molecular weight excluding hydrogens is 352 g/mol. The summed E-state index contributed by atoms with van der Waals surface area (Å²) in [7, 11) is 0. The molecule has 0 saturated carbocycles. The molecule has 0 radical (unpaired) electrons. The lowest BCUT2D eigenvalue weighted by Crippen LogP contribution is -2.43. The molecule has 1 amide bonds. The number of likely N-dealkylation sites (tertiary alicyclic amines) is 1. The molecule has 1 aromatic carbocycles. The normalized spacial score (nSPS) is 17.1. The summed E-state index contributed by atoms with van der Waals surface area (Å²) in [6.45, 7) is 3.00. The molecule has 1 aliphatic rings. The maximum atomic E-state index is 13.3. The minimum Gasteiger partial charge on any atom is -0.341 e. The monoisotopic (exact) mass is 375 g/mol. The van der Waals surface area contributed by atoms with E-state index in [0.29, 0.717) is 31.1 Å². The summed E-state index contributed by atoms with van der Waals surface area (Å²) in [6, 6.07) is 7.01. The summed E-state index contributed by atoms with van der Waals surface area (Å²) >= 11 is 0. The van der Waals surface area contributed by atoms with Crippen LogP contribution in [0.1, 0.15) is 30.5 Å². The Kier molecular flexibility index (Phi) is 5.98. The van der Waals surface area contributed by atoms with Crippen LogP contribution in [0, 0.1) is 24.5 Å². The molecule has 0 bridgehead atoms. The van der Waals surface area contributed by atoms with Gasteiger partial charge in [-0.25, -0.2) is 13.5 Å². The summed E-state index contributed by atoms with van der Waals surface area (Å²) in [6.07, 6.45) is 3.33. The number of hydrogen-bond acceptors (Lipinski definition) is 3. The molecule has 0 aliphatic carbocycles. The minimum atomic E-state index is -0.840. The zero-order valence-corrected chi connectivity index (χ0v) is 15.3. The number of hydrogen-bond donors (Lipinski definition) is 0. The summed E-state index contributed by atoms with van der Waals surface area (Å²) in [4.78, 5) is 26.2. The van der Waals surface area contributed by atoms with Crippen molar-refractivity contribution < 1.29 is 13.6 Å². The van der Waals surface area contributed by atoms with Crippen LogP contribution in [0.25, 0.3) is 0 Å². The van der Waals surface area contributed by atoms with Gasteiger partial charge in [-0.1, -0.05) is 6.07 Å². The van der Waals surface area contributed by atoms with Gasteiger partial charge in [0.05, 0.1) is 5.69 Å². The van der Waals surface area contributed by atoms with E-state index in [0.717, 1.165) is 30.9 Å². The topological polar surface area (TPSA) is 55.2 Å². The lowest BCUT2D eigenvalue weighted by Gasteiger charge is -2.33. The number of carbonyl (C=O) groups is 1. The van der Waals surface area contributed by atoms with Gasteiger partial charge in [0.15, 0.2) is 11.6 Å². The first-order valence-corrected chi connectivity index (χ1v) is 9.19. The molecule has 1 aliphatic heterocycles. The highest BCUT2D eigenvalue weighted by molar-refractivity contribution is 5.76. The molecule has 144 valence electrons. The first-order valence-electron chi connectivity index (χ1n) is 9.19. The lowest BCUT2D eigenvalue weighted by molar-refractivity contribution is -0.134. The van der Waals surface area contributed by atoms with Crippen molar-refractivity contribution in [1.82, 2.24) is 14.7 Å². The van der Waals surface area contributed by atoms with E-state index in [9.17, 15) is 18.4 Å². The fourth-order valence-electron chi connectivity index (χ4n) is 3.49. The molecule has 3 rings (SSSR count). The number of nitrogens with zero attached hydrogens (tertiary/aromatic N) is 3. The van der Waals surface area contributed by atoms with Gasteiger partial charge in [0.25, 0.3) is 5.56 Å². The summed E-state index contributed by atoms with van der Waals surface area (Å²) < 4.78 is 27.5. The average molecular weight is 375 g/mol. The van der Waals surface area contributed by atoms with Crippen LogP contribution < -0.4 is 5.56 Å². The molecule has 7 heteroatoms. The standard InChI is InChI=1S/C20H23F2N3O2/c1-14-4-9-19(26)25(23-14)13-20(27)24-10-2-3-16(12-24)6-5-15-7-8-17(21)18(22)11-15/h4,7-9,11,16H,2-3,5-6,10,12-13H2,1H3. The summed E-state index contributed by atoms with van der Waals surface area (Å²) in [5.74, 6) is -1.48. The van der Waals surface area contributed by atoms with Gasteiger partial charge in [-0.05, 0) is 62.3 Å². The molecule has 2 heterocycles. The molecule has 5 nitrogen and oxygen atoms in total. The quantitative estimate of drug-likeness (QED) is 0.807. The van der Waals surface area contributed by atoms with Crippen LogP contribution in [0.2, 0.25) is 0 Å². The molecule has 0 spiro atoms. The van der Waals surface area contributed by atoms with E-state index in [4.69, 9.17) is 0 Å². The Morgan fingerprint density at radius 3 is 2.81 bits per heavy atom. The number of aryl methyl sites for hydroxylation is 2. The maximum Gasteiger partial charge on any atom is 0.267 e. The number of carbonyl (C=O) groups excluding carboxylic acids is 1. The van der Waals surface area contributed by atoms with Gasteiger partial charge in [0.1, 0.15) is 6.54 Å². The Labute approximate surface area is 156 Å².